The third-order valence-electron chi connectivity index (χ3n) is 2.43. The summed E-state index contributed by atoms with van der Waals surface area (Å²) in [5, 5.41) is 9.26. The van der Waals surface area contributed by atoms with Crippen LogP contribution in [0.15, 0.2) is 54.6 Å². The lowest BCUT2D eigenvalue weighted by Crippen LogP contribution is -1.93. The van der Waals surface area contributed by atoms with E-state index >= 15 is 0 Å². The summed E-state index contributed by atoms with van der Waals surface area (Å²) in [6.07, 6.45) is 2.99. The fourth-order valence-corrected chi connectivity index (χ4v) is 1.50. The lowest BCUT2D eigenvalue weighted by atomic mass is 10.1. The van der Waals surface area contributed by atoms with Crippen LogP contribution in [0.3, 0.4) is 0 Å². The average molecular weight is 242 g/mol. The molecule has 1 N–H and O–H groups in total. The van der Waals surface area contributed by atoms with Crippen molar-refractivity contribution in [3.63, 3.8) is 0 Å². The summed E-state index contributed by atoms with van der Waals surface area (Å²) >= 11 is 0. The number of allylic oxidation sites excluding steroid dienone is 1. The van der Waals surface area contributed by atoms with Gasteiger partial charge < -0.3 is 5.11 Å². The van der Waals surface area contributed by atoms with Gasteiger partial charge in [-0.2, -0.15) is 0 Å². The fourth-order valence-electron chi connectivity index (χ4n) is 1.50. The van der Waals surface area contributed by atoms with Crippen LogP contribution in [0.1, 0.15) is 15.9 Å². The van der Waals surface area contributed by atoms with Crippen molar-refractivity contribution in [1.82, 2.24) is 0 Å². The lowest BCUT2D eigenvalue weighted by molar-refractivity contribution is 0.104. The molecule has 0 atom stereocenters. The number of carbonyl (C=O) groups excluding carboxylic acids is 1. The molecule has 0 aromatic heterocycles. The average Bonchev–Trinajstić information content (AvgIpc) is 2.38. The van der Waals surface area contributed by atoms with Gasteiger partial charge in [0.1, 0.15) is 11.6 Å². The van der Waals surface area contributed by atoms with Gasteiger partial charge in [0.2, 0.25) is 0 Å². The number of hydrogen-bond donors (Lipinski definition) is 1. The van der Waals surface area contributed by atoms with Gasteiger partial charge in [-0.15, -0.1) is 0 Å². The Kier molecular flexibility index (Phi) is 3.53. The van der Waals surface area contributed by atoms with E-state index in [-0.39, 0.29) is 17.3 Å². The molecule has 0 aliphatic rings. The zero-order valence-electron chi connectivity index (χ0n) is 9.51. The van der Waals surface area contributed by atoms with Crippen LogP contribution in [0.2, 0.25) is 0 Å². The molecule has 2 aromatic rings. The Bertz CT molecular complexity index is 586. The smallest absolute Gasteiger partial charge is 0.185 e. The second kappa shape index (κ2) is 5.27. The summed E-state index contributed by atoms with van der Waals surface area (Å²) in [5.41, 5.74) is 1.15. The number of ketones is 1. The zero-order valence-corrected chi connectivity index (χ0v) is 9.51. The Labute approximate surface area is 104 Å². The van der Waals surface area contributed by atoms with Gasteiger partial charge in [-0.3, -0.25) is 4.79 Å². The molecule has 0 aliphatic heterocycles. The third-order valence-corrected chi connectivity index (χ3v) is 2.43. The Morgan fingerprint density at radius 3 is 2.50 bits per heavy atom. The normalized spacial score (nSPS) is 10.7. The van der Waals surface area contributed by atoms with Crippen LogP contribution in [-0.4, -0.2) is 10.9 Å². The summed E-state index contributed by atoms with van der Waals surface area (Å²) in [4.78, 5) is 11.8. The summed E-state index contributed by atoms with van der Waals surface area (Å²) in [6, 6.07) is 12.0. The van der Waals surface area contributed by atoms with Crippen LogP contribution in [0.4, 0.5) is 4.39 Å². The highest BCUT2D eigenvalue weighted by molar-refractivity contribution is 6.07. The van der Waals surface area contributed by atoms with Crippen molar-refractivity contribution in [2.24, 2.45) is 0 Å². The predicted molar refractivity (Wildman–Crippen MR) is 67.9 cm³/mol. The third kappa shape index (κ3) is 3.04. The molecule has 3 heteroatoms. The Hall–Kier alpha value is -2.42. The van der Waals surface area contributed by atoms with E-state index in [0.717, 1.165) is 5.56 Å². The van der Waals surface area contributed by atoms with Gasteiger partial charge in [0.15, 0.2) is 5.78 Å². The number of phenols is 1. The van der Waals surface area contributed by atoms with Crippen molar-refractivity contribution in [3.05, 3.63) is 71.6 Å². The molecule has 0 saturated heterocycles. The van der Waals surface area contributed by atoms with E-state index in [1.165, 1.54) is 30.3 Å². The molecule has 0 unspecified atom stereocenters. The van der Waals surface area contributed by atoms with Crippen LogP contribution < -0.4 is 0 Å². The number of rotatable bonds is 3. The molecule has 90 valence electrons. The molecule has 18 heavy (non-hydrogen) atoms. The van der Waals surface area contributed by atoms with Crippen molar-refractivity contribution in [3.8, 4) is 5.75 Å². The minimum atomic E-state index is -0.313. The first-order valence-corrected chi connectivity index (χ1v) is 5.42. The molecule has 0 saturated carbocycles. The second-order valence-electron chi connectivity index (χ2n) is 3.80. The summed E-state index contributed by atoms with van der Waals surface area (Å²) in [6.45, 7) is 0. The molecule has 2 rings (SSSR count). The minimum Gasteiger partial charge on any atom is -0.508 e. The van der Waals surface area contributed by atoms with Crippen LogP contribution in [-0.2, 0) is 0 Å². The molecule has 0 heterocycles. The number of carbonyl (C=O) groups is 1. The highest BCUT2D eigenvalue weighted by atomic mass is 19.1. The Morgan fingerprint density at radius 2 is 1.83 bits per heavy atom. The van der Waals surface area contributed by atoms with Crippen molar-refractivity contribution in [2.45, 2.75) is 0 Å². The molecule has 0 radical (unpaired) electrons. The van der Waals surface area contributed by atoms with E-state index in [1.54, 1.807) is 30.3 Å². The lowest BCUT2D eigenvalue weighted by Gasteiger charge is -1.97. The van der Waals surface area contributed by atoms with Gasteiger partial charge in [-0.25, -0.2) is 4.39 Å². The maximum absolute atomic E-state index is 12.7. The van der Waals surface area contributed by atoms with Crippen LogP contribution in [0, 0.1) is 5.82 Å². The maximum Gasteiger partial charge on any atom is 0.185 e. The maximum atomic E-state index is 12.7. The fraction of sp³-hybridized carbons (Fsp3) is 0. The minimum absolute atomic E-state index is 0.0519. The van der Waals surface area contributed by atoms with Gasteiger partial charge in [0.05, 0.1) is 0 Å². The molecule has 2 aromatic carbocycles. The summed E-state index contributed by atoms with van der Waals surface area (Å²) < 4.78 is 12.7. The van der Waals surface area contributed by atoms with E-state index in [2.05, 4.69) is 0 Å². The van der Waals surface area contributed by atoms with Gasteiger partial charge >= 0.3 is 0 Å². The van der Waals surface area contributed by atoms with Crippen LogP contribution in [0.5, 0.6) is 5.75 Å². The summed E-state index contributed by atoms with van der Waals surface area (Å²) in [5.74, 6) is -0.474. The summed E-state index contributed by atoms with van der Waals surface area (Å²) in [7, 11) is 0. The SMILES string of the molecule is O=C(/C=C\c1ccc(F)cc1)c1cccc(O)c1. The van der Waals surface area contributed by atoms with Crippen molar-refractivity contribution >= 4 is 11.9 Å². The predicted octanol–water partition coefficient (Wildman–Crippen LogP) is 3.43. The van der Waals surface area contributed by atoms with Crippen LogP contribution >= 0.6 is 0 Å². The quantitative estimate of drug-likeness (QED) is 0.661. The monoisotopic (exact) mass is 242 g/mol. The molecular formula is C15H11FO2. The number of benzene rings is 2. The highest BCUT2D eigenvalue weighted by Gasteiger charge is 2.01. The highest BCUT2D eigenvalue weighted by Crippen LogP contribution is 2.12. The van der Waals surface area contributed by atoms with Gasteiger partial charge in [-0.05, 0) is 35.9 Å². The Balaban J connectivity index is 2.14. The molecule has 0 spiro atoms. The number of halogens is 1. The molecule has 0 fully saturated rings. The Morgan fingerprint density at radius 1 is 1.11 bits per heavy atom. The molecule has 0 aliphatic carbocycles. The number of phenolic OH excluding ortho intramolecular Hbond substituents is 1. The molecule has 2 nitrogen and oxygen atoms in total. The van der Waals surface area contributed by atoms with Gasteiger partial charge in [0.25, 0.3) is 0 Å². The van der Waals surface area contributed by atoms with E-state index in [4.69, 9.17) is 0 Å². The first-order valence-electron chi connectivity index (χ1n) is 5.42. The number of hydrogen-bond acceptors (Lipinski definition) is 2. The first kappa shape index (κ1) is 12.0. The van der Waals surface area contributed by atoms with E-state index < -0.39 is 0 Å². The van der Waals surface area contributed by atoms with E-state index in [0.29, 0.717) is 5.56 Å². The largest absolute Gasteiger partial charge is 0.508 e. The topological polar surface area (TPSA) is 37.3 Å². The van der Waals surface area contributed by atoms with Crippen molar-refractivity contribution in [1.29, 1.82) is 0 Å². The van der Waals surface area contributed by atoms with E-state index in [9.17, 15) is 14.3 Å². The van der Waals surface area contributed by atoms with Crippen molar-refractivity contribution < 1.29 is 14.3 Å². The zero-order chi connectivity index (χ0) is 13.0. The molecule has 0 bridgehead atoms. The van der Waals surface area contributed by atoms with E-state index in [1.807, 2.05) is 0 Å². The van der Waals surface area contributed by atoms with Crippen molar-refractivity contribution in [2.75, 3.05) is 0 Å². The van der Waals surface area contributed by atoms with Crippen LogP contribution in [0.25, 0.3) is 6.08 Å². The standard InChI is InChI=1S/C15H11FO2/c16-13-7-4-11(5-8-13)6-9-15(18)12-2-1-3-14(17)10-12/h1-10,17H/b9-6-. The van der Waals surface area contributed by atoms with Gasteiger partial charge in [-0.1, -0.05) is 30.3 Å². The molecular weight excluding hydrogens is 231 g/mol. The second-order valence-corrected chi connectivity index (χ2v) is 3.80. The molecule has 0 amide bonds. The van der Waals surface area contributed by atoms with Gasteiger partial charge in [0, 0.05) is 5.56 Å². The number of aromatic hydroxyl groups is 1. The first-order chi connectivity index (χ1) is 8.65.